The molecule has 0 radical (unpaired) electrons. The fraction of sp³-hybridized carbons (Fsp3) is 0.250. The molecule has 2 amide bonds. The van der Waals surface area contributed by atoms with E-state index in [2.05, 4.69) is 15.8 Å². The number of halogens is 1. The van der Waals surface area contributed by atoms with Crippen LogP contribution in [-0.4, -0.2) is 36.3 Å². The first-order chi connectivity index (χ1) is 13.3. The quantitative estimate of drug-likeness (QED) is 0.502. The number of nitrogens with zero attached hydrogens (tertiary/aromatic N) is 1. The van der Waals surface area contributed by atoms with Gasteiger partial charge in [-0.1, -0.05) is 19.9 Å². The maximum atomic E-state index is 13.0. The van der Waals surface area contributed by atoms with E-state index >= 15 is 0 Å². The predicted octanol–water partition coefficient (Wildman–Crippen LogP) is 2.44. The molecule has 7 nitrogen and oxygen atoms in total. The van der Waals surface area contributed by atoms with E-state index in [0.717, 1.165) is 0 Å². The number of rotatable bonds is 7. The third-order valence-corrected chi connectivity index (χ3v) is 3.97. The van der Waals surface area contributed by atoms with Gasteiger partial charge in [0.05, 0.1) is 13.3 Å². The van der Waals surface area contributed by atoms with Crippen molar-refractivity contribution in [3.8, 4) is 11.5 Å². The molecule has 3 N–H and O–H groups in total. The number of amides is 2. The molecule has 0 heterocycles. The van der Waals surface area contributed by atoms with E-state index in [1.54, 1.807) is 32.0 Å². The van der Waals surface area contributed by atoms with Gasteiger partial charge in [0.2, 0.25) is 0 Å². The lowest BCUT2D eigenvalue weighted by Gasteiger charge is -2.20. The lowest BCUT2D eigenvalue weighted by molar-refractivity contribution is -0.123. The topological polar surface area (TPSA) is 100 Å². The highest BCUT2D eigenvalue weighted by Gasteiger charge is 2.24. The minimum absolute atomic E-state index is 0.104. The summed E-state index contributed by atoms with van der Waals surface area (Å²) in [6, 6.07) is 9.02. The summed E-state index contributed by atoms with van der Waals surface area (Å²) >= 11 is 0. The Balaban J connectivity index is 2.05. The van der Waals surface area contributed by atoms with Crippen LogP contribution in [-0.2, 0) is 4.79 Å². The van der Waals surface area contributed by atoms with Crippen LogP contribution >= 0.6 is 0 Å². The molecule has 0 aromatic heterocycles. The van der Waals surface area contributed by atoms with Gasteiger partial charge in [-0.2, -0.15) is 5.10 Å². The molecule has 2 rings (SSSR count). The van der Waals surface area contributed by atoms with Crippen molar-refractivity contribution in [3.05, 3.63) is 59.4 Å². The van der Waals surface area contributed by atoms with Crippen molar-refractivity contribution in [1.29, 1.82) is 0 Å². The first-order valence-corrected chi connectivity index (χ1v) is 8.58. The molecular weight excluding hydrogens is 365 g/mol. The molecule has 1 atom stereocenters. The van der Waals surface area contributed by atoms with E-state index in [9.17, 15) is 19.1 Å². The number of carbonyl (C=O) groups is 2. The number of hydrogen-bond donors (Lipinski definition) is 3. The molecule has 0 spiro atoms. The maximum absolute atomic E-state index is 13.0. The van der Waals surface area contributed by atoms with Crippen LogP contribution in [0.1, 0.15) is 29.8 Å². The first-order valence-electron chi connectivity index (χ1n) is 8.58. The Morgan fingerprint density at radius 2 is 1.86 bits per heavy atom. The van der Waals surface area contributed by atoms with Crippen molar-refractivity contribution < 1.29 is 23.8 Å². The molecule has 0 fully saturated rings. The Bertz CT molecular complexity index is 866. The van der Waals surface area contributed by atoms with E-state index in [-0.39, 0.29) is 23.0 Å². The SMILES string of the molecule is COc1cccc(C=NNC(=O)C(NC(=O)c2ccc(F)cc2)C(C)C)c1O. The van der Waals surface area contributed by atoms with E-state index in [1.807, 2.05) is 0 Å². The number of carbonyl (C=O) groups excluding carboxylic acids is 2. The van der Waals surface area contributed by atoms with Gasteiger partial charge in [-0.3, -0.25) is 9.59 Å². The van der Waals surface area contributed by atoms with Gasteiger partial charge in [0.25, 0.3) is 11.8 Å². The molecule has 0 aliphatic heterocycles. The number of phenolic OH excluding ortho intramolecular Hbond substituents is 1. The van der Waals surface area contributed by atoms with Crippen LogP contribution in [0.25, 0.3) is 0 Å². The normalized spacial score (nSPS) is 12.0. The third-order valence-electron chi connectivity index (χ3n) is 3.97. The molecule has 148 valence electrons. The maximum Gasteiger partial charge on any atom is 0.262 e. The van der Waals surface area contributed by atoms with Crippen LogP contribution in [0.3, 0.4) is 0 Å². The van der Waals surface area contributed by atoms with Gasteiger partial charge in [-0.05, 0) is 42.3 Å². The summed E-state index contributed by atoms with van der Waals surface area (Å²) in [5.41, 5.74) is 2.94. The van der Waals surface area contributed by atoms with Gasteiger partial charge in [0.1, 0.15) is 11.9 Å². The van der Waals surface area contributed by atoms with Gasteiger partial charge in [0, 0.05) is 11.1 Å². The summed E-state index contributed by atoms with van der Waals surface area (Å²) in [6.07, 6.45) is 1.27. The molecule has 0 bridgehead atoms. The van der Waals surface area contributed by atoms with Crippen LogP contribution in [0.2, 0.25) is 0 Å². The second-order valence-electron chi connectivity index (χ2n) is 6.33. The summed E-state index contributed by atoms with van der Waals surface area (Å²) < 4.78 is 18.0. The second kappa shape index (κ2) is 9.50. The zero-order valence-electron chi connectivity index (χ0n) is 15.8. The number of para-hydroxylation sites is 1. The highest BCUT2D eigenvalue weighted by atomic mass is 19.1. The Labute approximate surface area is 162 Å². The van der Waals surface area contributed by atoms with Crippen molar-refractivity contribution >= 4 is 18.0 Å². The molecule has 0 aliphatic rings. The first kappa shape index (κ1) is 20.9. The van der Waals surface area contributed by atoms with Crippen molar-refractivity contribution in [2.75, 3.05) is 7.11 Å². The average Bonchev–Trinajstić information content (AvgIpc) is 2.67. The number of ether oxygens (including phenoxy) is 1. The number of benzene rings is 2. The van der Waals surface area contributed by atoms with Crippen LogP contribution in [0, 0.1) is 11.7 Å². The summed E-state index contributed by atoms with van der Waals surface area (Å²) in [7, 11) is 1.43. The molecule has 0 saturated heterocycles. The van der Waals surface area contributed by atoms with Gasteiger partial charge >= 0.3 is 0 Å². The molecular formula is C20H22FN3O4. The summed E-state index contributed by atoms with van der Waals surface area (Å²) in [6.45, 7) is 3.54. The number of aromatic hydroxyl groups is 1. The van der Waals surface area contributed by atoms with Crippen LogP contribution in [0.4, 0.5) is 4.39 Å². The summed E-state index contributed by atoms with van der Waals surface area (Å²) in [5, 5.41) is 16.4. The lowest BCUT2D eigenvalue weighted by Crippen LogP contribution is -2.48. The van der Waals surface area contributed by atoms with E-state index in [1.165, 1.54) is 37.6 Å². The van der Waals surface area contributed by atoms with Crippen molar-refractivity contribution in [2.24, 2.45) is 11.0 Å². The van der Waals surface area contributed by atoms with Crippen LogP contribution < -0.4 is 15.5 Å². The highest BCUT2D eigenvalue weighted by Crippen LogP contribution is 2.27. The Kier molecular flexibility index (Phi) is 7.08. The molecule has 8 heteroatoms. The standard InChI is InChI=1S/C20H22FN3O4/c1-12(2)17(23-19(26)13-7-9-15(21)10-8-13)20(27)24-22-11-14-5-4-6-16(28-3)18(14)25/h4-12,17,25H,1-3H3,(H,23,26)(H,24,27). The minimum Gasteiger partial charge on any atom is -0.504 e. The molecule has 2 aromatic rings. The number of nitrogens with one attached hydrogen (secondary N) is 2. The molecule has 2 aromatic carbocycles. The largest absolute Gasteiger partial charge is 0.504 e. The fourth-order valence-corrected chi connectivity index (χ4v) is 2.40. The number of methoxy groups -OCH3 is 1. The number of hydrazone groups is 1. The van der Waals surface area contributed by atoms with Gasteiger partial charge < -0.3 is 15.2 Å². The fourth-order valence-electron chi connectivity index (χ4n) is 2.40. The monoisotopic (exact) mass is 387 g/mol. The third kappa shape index (κ3) is 5.29. The van der Waals surface area contributed by atoms with Crippen LogP contribution in [0.15, 0.2) is 47.6 Å². The second-order valence-corrected chi connectivity index (χ2v) is 6.33. The van der Waals surface area contributed by atoms with E-state index in [0.29, 0.717) is 5.56 Å². The van der Waals surface area contributed by atoms with Crippen molar-refractivity contribution in [2.45, 2.75) is 19.9 Å². The van der Waals surface area contributed by atoms with Gasteiger partial charge in [0.15, 0.2) is 11.5 Å². The number of phenols is 1. The highest BCUT2D eigenvalue weighted by molar-refractivity contribution is 5.97. The smallest absolute Gasteiger partial charge is 0.262 e. The summed E-state index contributed by atoms with van der Waals surface area (Å²) in [4.78, 5) is 24.7. The average molecular weight is 387 g/mol. The zero-order chi connectivity index (χ0) is 20.7. The van der Waals surface area contributed by atoms with Gasteiger partial charge in [-0.25, -0.2) is 9.82 Å². The van der Waals surface area contributed by atoms with Gasteiger partial charge in [-0.15, -0.1) is 0 Å². The minimum atomic E-state index is -0.853. The Hall–Kier alpha value is -3.42. The Morgan fingerprint density at radius 1 is 1.18 bits per heavy atom. The number of hydrogen-bond acceptors (Lipinski definition) is 5. The summed E-state index contributed by atoms with van der Waals surface area (Å²) in [5.74, 6) is -1.52. The predicted molar refractivity (Wildman–Crippen MR) is 103 cm³/mol. The van der Waals surface area contributed by atoms with Crippen molar-refractivity contribution in [3.63, 3.8) is 0 Å². The van der Waals surface area contributed by atoms with Crippen molar-refractivity contribution in [1.82, 2.24) is 10.7 Å². The Morgan fingerprint density at radius 3 is 2.46 bits per heavy atom. The molecule has 0 saturated carbocycles. The van der Waals surface area contributed by atoms with E-state index < -0.39 is 23.7 Å². The molecule has 1 unspecified atom stereocenters. The molecule has 0 aliphatic carbocycles. The van der Waals surface area contributed by atoms with Crippen LogP contribution in [0.5, 0.6) is 11.5 Å². The molecule has 28 heavy (non-hydrogen) atoms. The zero-order valence-corrected chi connectivity index (χ0v) is 15.8. The lowest BCUT2D eigenvalue weighted by atomic mass is 10.0. The van der Waals surface area contributed by atoms with E-state index in [4.69, 9.17) is 4.74 Å².